The van der Waals surface area contributed by atoms with Crippen LogP contribution in [-0.2, 0) is 16.0 Å². The second-order valence-corrected chi connectivity index (χ2v) is 9.28. The summed E-state index contributed by atoms with van der Waals surface area (Å²) < 4.78 is 11.5. The minimum absolute atomic E-state index is 0.0203. The lowest BCUT2D eigenvalue weighted by Gasteiger charge is -2.40. The fourth-order valence-electron chi connectivity index (χ4n) is 5.59. The van der Waals surface area contributed by atoms with Gasteiger partial charge in [-0.05, 0) is 54.7 Å². The van der Waals surface area contributed by atoms with Crippen molar-refractivity contribution in [1.29, 1.82) is 0 Å². The highest BCUT2D eigenvalue weighted by molar-refractivity contribution is 5.72. The van der Waals surface area contributed by atoms with Gasteiger partial charge in [0.1, 0.15) is 11.9 Å². The molecule has 3 nitrogen and oxygen atoms in total. The van der Waals surface area contributed by atoms with Crippen LogP contribution in [0.5, 0.6) is 5.75 Å². The maximum atomic E-state index is 12.7. The Morgan fingerprint density at radius 3 is 2.56 bits per heavy atom. The van der Waals surface area contributed by atoms with Gasteiger partial charge in [-0.15, -0.1) is 6.58 Å². The summed E-state index contributed by atoms with van der Waals surface area (Å²) >= 11 is 0. The lowest BCUT2D eigenvalue weighted by Crippen LogP contribution is -2.42. The van der Waals surface area contributed by atoms with E-state index in [1.807, 2.05) is 19.1 Å². The second kappa shape index (κ2) is 7.33. The summed E-state index contributed by atoms with van der Waals surface area (Å²) in [6.07, 6.45) is 5.75. The van der Waals surface area contributed by atoms with Gasteiger partial charge in [0.25, 0.3) is 0 Å². The van der Waals surface area contributed by atoms with E-state index >= 15 is 0 Å². The van der Waals surface area contributed by atoms with Gasteiger partial charge in [0.15, 0.2) is 0 Å². The maximum Gasteiger partial charge on any atom is 0.309 e. The van der Waals surface area contributed by atoms with Gasteiger partial charge >= 0.3 is 5.97 Å². The molecule has 3 heteroatoms. The van der Waals surface area contributed by atoms with Crippen LogP contribution in [0.15, 0.2) is 36.9 Å². The highest BCUT2D eigenvalue weighted by Crippen LogP contribution is 2.69. The van der Waals surface area contributed by atoms with E-state index in [1.54, 1.807) is 13.2 Å². The molecule has 2 aliphatic carbocycles. The molecule has 0 radical (unpaired) electrons. The fraction of sp³-hybridized carbons (Fsp3) is 0.625. The predicted molar refractivity (Wildman–Crippen MR) is 109 cm³/mol. The maximum absolute atomic E-state index is 12.7. The Kier molecular flexibility index (Phi) is 5.42. The van der Waals surface area contributed by atoms with Crippen molar-refractivity contribution >= 4 is 5.97 Å². The molecule has 3 rings (SSSR count). The molecule has 148 valence electrons. The first-order chi connectivity index (χ1) is 12.7. The lowest BCUT2D eigenvalue weighted by molar-refractivity contribution is -0.164. The van der Waals surface area contributed by atoms with Gasteiger partial charge in [-0.25, -0.2) is 0 Å². The molecular weight excluding hydrogens is 336 g/mol. The number of hydrogen-bond acceptors (Lipinski definition) is 3. The molecule has 5 atom stereocenters. The molecule has 2 aliphatic rings. The van der Waals surface area contributed by atoms with Crippen LogP contribution in [0.25, 0.3) is 0 Å². The lowest BCUT2D eigenvalue weighted by atomic mass is 9.70. The molecule has 2 saturated carbocycles. The Bertz CT molecular complexity index is 690. The van der Waals surface area contributed by atoms with Crippen LogP contribution in [0.4, 0.5) is 0 Å². The Morgan fingerprint density at radius 1 is 1.30 bits per heavy atom. The summed E-state index contributed by atoms with van der Waals surface area (Å²) in [7, 11) is 1.69. The number of methoxy groups -OCH3 is 1. The summed E-state index contributed by atoms with van der Waals surface area (Å²) in [4.78, 5) is 12.7. The van der Waals surface area contributed by atoms with Gasteiger partial charge in [-0.2, -0.15) is 0 Å². The van der Waals surface area contributed by atoms with E-state index in [4.69, 9.17) is 9.47 Å². The predicted octanol–water partition coefficient (Wildman–Crippen LogP) is 5.43. The van der Waals surface area contributed by atoms with Crippen LogP contribution in [0.2, 0.25) is 0 Å². The van der Waals surface area contributed by atoms with E-state index in [1.165, 1.54) is 12.0 Å². The molecule has 0 aromatic heterocycles. The molecule has 1 aromatic carbocycles. The molecule has 27 heavy (non-hydrogen) atoms. The monoisotopic (exact) mass is 370 g/mol. The Hall–Kier alpha value is -1.77. The van der Waals surface area contributed by atoms with Crippen molar-refractivity contribution in [3.63, 3.8) is 0 Å². The number of carbonyl (C=O) groups excluding carboxylic acids is 1. The number of rotatable bonds is 7. The zero-order valence-electron chi connectivity index (χ0n) is 17.5. The first kappa shape index (κ1) is 20.0. The molecule has 0 heterocycles. The van der Waals surface area contributed by atoms with E-state index in [-0.39, 0.29) is 28.8 Å². The average molecular weight is 371 g/mol. The molecule has 2 fully saturated rings. The van der Waals surface area contributed by atoms with E-state index in [2.05, 4.69) is 39.5 Å². The number of hydrogen-bond donors (Lipinski definition) is 0. The highest BCUT2D eigenvalue weighted by atomic mass is 16.5. The summed E-state index contributed by atoms with van der Waals surface area (Å²) in [5, 5.41) is 0. The standard InChI is InChI=1S/C24H34O3/c1-7-8-16(2)22(25)27-21-19(15-17-9-11-18(26-6)12-10-17)20-13-14-24(21,5)23(20,3)4/h7,9-12,16,19-21H,1,8,13-15H2,2-6H3/t16-,19+,20-,21-,24+/m1/s1. The second-order valence-electron chi connectivity index (χ2n) is 9.28. The molecule has 2 bridgehead atoms. The first-order valence-electron chi connectivity index (χ1n) is 10.2. The van der Waals surface area contributed by atoms with Crippen LogP contribution in [0, 0.1) is 28.6 Å². The van der Waals surface area contributed by atoms with Crippen molar-refractivity contribution in [1.82, 2.24) is 0 Å². The molecular formula is C24H34O3. The van der Waals surface area contributed by atoms with Crippen molar-refractivity contribution in [2.45, 2.75) is 59.5 Å². The quantitative estimate of drug-likeness (QED) is 0.474. The van der Waals surface area contributed by atoms with Gasteiger partial charge < -0.3 is 9.47 Å². The molecule has 1 aromatic rings. The number of allylic oxidation sites excluding steroid dienone is 1. The van der Waals surface area contributed by atoms with E-state index in [0.29, 0.717) is 18.3 Å². The number of carbonyl (C=O) groups is 1. The number of fused-ring (bicyclic) bond motifs is 2. The molecule has 0 unspecified atom stereocenters. The largest absolute Gasteiger partial charge is 0.497 e. The summed E-state index contributed by atoms with van der Waals surface area (Å²) in [5.41, 5.74) is 1.50. The molecule has 0 N–H and O–H groups in total. The van der Waals surface area contributed by atoms with Crippen molar-refractivity contribution in [3.05, 3.63) is 42.5 Å². The number of ether oxygens (including phenoxy) is 2. The molecule has 0 spiro atoms. The van der Waals surface area contributed by atoms with Crippen LogP contribution >= 0.6 is 0 Å². The topological polar surface area (TPSA) is 35.5 Å². The fourth-order valence-corrected chi connectivity index (χ4v) is 5.59. The van der Waals surface area contributed by atoms with Gasteiger partial charge in [0.05, 0.1) is 13.0 Å². The summed E-state index contributed by atoms with van der Waals surface area (Å²) in [6, 6.07) is 8.31. The Balaban J connectivity index is 1.85. The van der Waals surface area contributed by atoms with Crippen LogP contribution in [0.1, 0.15) is 52.5 Å². The van der Waals surface area contributed by atoms with E-state index < -0.39 is 0 Å². The average Bonchev–Trinajstić information content (AvgIpc) is 2.96. The van der Waals surface area contributed by atoms with E-state index in [0.717, 1.165) is 18.6 Å². The van der Waals surface area contributed by atoms with Gasteiger partial charge in [-0.1, -0.05) is 45.9 Å². The number of esters is 1. The molecule has 0 aliphatic heterocycles. The van der Waals surface area contributed by atoms with Crippen molar-refractivity contribution in [3.8, 4) is 5.75 Å². The third kappa shape index (κ3) is 3.30. The van der Waals surface area contributed by atoms with Crippen LogP contribution in [-0.4, -0.2) is 19.2 Å². The number of benzene rings is 1. The van der Waals surface area contributed by atoms with Crippen molar-refractivity contribution in [2.24, 2.45) is 28.6 Å². The highest BCUT2D eigenvalue weighted by Gasteiger charge is 2.67. The van der Waals surface area contributed by atoms with Gasteiger partial charge in [-0.3, -0.25) is 4.79 Å². The molecule has 0 saturated heterocycles. The Morgan fingerprint density at radius 2 is 1.96 bits per heavy atom. The van der Waals surface area contributed by atoms with Crippen molar-refractivity contribution < 1.29 is 14.3 Å². The van der Waals surface area contributed by atoms with Crippen LogP contribution in [0.3, 0.4) is 0 Å². The van der Waals surface area contributed by atoms with Crippen LogP contribution < -0.4 is 4.74 Å². The SMILES string of the molecule is C=CC[C@@H](C)C(=O)O[C@@H]1[C@@H](Cc2ccc(OC)cc2)[C@H]2CC[C@]1(C)C2(C)C. The van der Waals surface area contributed by atoms with Crippen molar-refractivity contribution in [2.75, 3.05) is 7.11 Å². The Labute approximate surface area is 164 Å². The third-order valence-electron chi connectivity index (χ3n) is 7.70. The van der Waals surface area contributed by atoms with E-state index in [9.17, 15) is 4.79 Å². The van der Waals surface area contributed by atoms with Gasteiger partial charge in [0, 0.05) is 11.3 Å². The smallest absolute Gasteiger partial charge is 0.309 e. The summed E-state index contributed by atoms with van der Waals surface area (Å²) in [5.74, 6) is 1.61. The van der Waals surface area contributed by atoms with Gasteiger partial charge in [0.2, 0.25) is 0 Å². The normalized spacial score (nSPS) is 32.1. The minimum Gasteiger partial charge on any atom is -0.497 e. The minimum atomic E-state index is -0.130. The molecule has 0 amide bonds. The zero-order chi connectivity index (χ0) is 19.8. The zero-order valence-corrected chi connectivity index (χ0v) is 17.5. The third-order valence-corrected chi connectivity index (χ3v) is 7.70. The first-order valence-corrected chi connectivity index (χ1v) is 10.2. The summed E-state index contributed by atoms with van der Waals surface area (Å²) in [6.45, 7) is 12.8.